The zero-order chi connectivity index (χ0) is 23.0. The number of hydrogen-bond acceptors (Lipinski definition) is 3. The summed E-state index contributed by atoms with van der Waals surface area (Å²) in [5.74, 6) is -0.795. The number of amides is 3. The van der Waals surface area contributed by atoms with Gasteiger partial charge in [0.15, 0.2) is 0 Å². The molecule has 3 fully saturated rings. The summed E-state index contributed by atoms with van der Waals surface area (Å²) in [5.41, 5.74) is 0.847. The molecule has 3 aliphatic rings. The number of carbonyl (C=O) groups excluding carboxylic acids is 3. The van der Waals surface area contributed by atoms with Gasteiger partial charge in [-0.15, -0.1) is 0 Å². The van der Waals surface area contributed by atoms with E-state index in [-0.39, 0.29) is 41.4 Å². The first kappa shape index (κ1) is 23.8. The van der Waals surface area contributed by atoms with Gasteiger partial charge in [0.2, 0.25) is 0 Å². The molecular weight excluding hydrogens is 414 g/mol. The number of benzene rings is 1. The zero-order valence-electron chi connectivity index (χ0n) is 19.8. The smallest absolute Gasteiger partial charge is 0.253 e. The lowest BCUT2D eigenvalue weighted by Gasteiger charge is -2.26. The van der Waals surface area contributed by atoms with Gasteiger partial charge in [-0.3, -0.25) is 14.4 Å². The van der Waals surface area contributed by atoms with E-state index in [1.165, 1.54) is 19.3 Å². The lowest BCUT2D eigenvalue weighted by atomic mass is 9.92. The lowest BCUT2D eigenvalue weighted by Crippen LogP contribution is -2.42. The highest BCUT2D eigenvalue weighted by molar-refractivity contribution is 6.14. The molecule has 3 aliphatic carbocycles. The van der Waals surface area contributed by atoms with Crippen LogP contribution in [0.3, 0.4) is 0 Å². The normalized spacial score (nSPS) is 20.7. The van der Waals surface area contributed by atoms with E-state index in [9.17, 15) is 14.4 Å². The first-order chi connectivity index (χ1) is 16.1. The Bertz CT molecular complexity index is 785. The van der Waals surface area contributed by atoms with Crippen LogP contribution in [0.25, 0.3) is 0 Å². The molecule has 4 rings (SSSR count). The minimum absolute atomic E-state index is 0.106. The summed E-state index contributed by atoms with van der Waals surface area (Å²) < 4.78 is 0. The molecule has 33 heavy (non-hydrogen) atoms. The summed E-state index contributed by atoms with van der Waals surface area (Å²) in [6.45, 7) is 0. The van der Waals surface area contributed by atoms with Crippen molar-refractivity contribution >= 4 is 17.7 Å². The topological polar surface area (TPSA) is 87.3 Å². The maximum Gasteiger partial charge on any atom is 0.253 e. The van der Waals surface area contributed by atoms with Crippen molar-refractivity contribution < 1.29 is 14.4 Å². The van der Waals surface area contributed by atoms with Crippen molar-refractivity contribution in [3.63, 3.8) is 0 Å². The van der Waals surface area contributed by atoms with Gasteiger partial charge in [-0.05, 0) is 50.7 Å². The van der Waals surface area contributed by atoms with Gasteiger partial charge < -0.3 is 16.0 Å². The summed E-state index contributed by atoms with van der Waals surface area (Å²) in [6, 6.07) is 5.48. The molecule has 6 heteroatoms. The van der Waals surface area contributed by atoms with Crippen molar-refractivity contribution in [3.05, 3.63) is 34.9 Å². The van der Waals surface area contributed by atoms with Crippen LogP contribution >= 0.6 is 0 Å². The van der Waals surface area contributed by atoms with E-state index in [2.05, 4.69) is 16.0 Å². The van der Waals surface area contributed by atoms with Crippen LogP contribution in [0.1, 0.15) is 127 Å². The molecule has 0 radical (unpaired) electrons. The van der Waals surface area contributed by atoms with E-state index < -0.39 is 0 Å². The fourth-order valence-corrected chi connectivity index (χ4v) is 5.70. The van der Waals surface area contributed by atoms with Crippen LogP contribution in [0.5, 0.6) is 0 Å². The Kier molecular flexibility index (Phi) is 8.40. The molecule has 0 heterocycles. The maximum absolute atomic E-state index is 13.5. The number of hydrogen-bond donors (Lipinski definition) is 3. The second kappa shape index (κ2) is 11.7. The third-order valence-corrected chi connectivity index (χ3v) is 7.60. The van der Waals surface area contributed by atoms with Gasteiger partial charge in [-0.25, -0.2) is 0 Å². The second-order valence-corrected chi connectivity index (χ2v) is 10.2. The van der Waals surface area contributed by atoms with Gasteiger partial charge in [0.05, 0.1) is 16.7 Å². The summed E-state index contributed by atoms with van der Waals surface area (Å²) in [5, 5.41) is 9.40. The Morgan fingerprint density at radius 2 is 0.848 bits per heavy atom. The van der Waals surface area contributed by atoms with Gasteiger partial charge in [-0.1, -0.05) is 63.9 Å². The van der Waals surface area contributed by atoms with Crippen LogP contribution in [0.15, 0.2) is 18.2 Å². The summed E-state index contributed by atoms with van der Waals surface area (Å²) in [4.78, 5) is 40.0. The van der Waals surface area contributed by atoms with Crippen LogP contribution in [0.2, 0.25) is 0 Å². The minimum Gasteiger partial charge on any atom is -0.349 e. The molecule has 0 aromatic heterocycles. The van der Waals surface area contributed by atoms with Gasteiger partial charge in [0.25, 0.3) is 17.7 Å². The Labute approximate surface area is 197 Å². The van der Waals surface area contributed by atoms with E-state index in [0.29, 0.717) is 11.1 Å². The molecule has 180 valence electrons. The summed E-state index contributed by atoms with van der Waals surface area (Å²) in [6.07, 6.45) is 16.0. The average Bonchev–Trinajstić information content (AvgIpc) is 2.85. The van der Waals surface area contributed by atoms with E-state index in [0.717, 1.165) is 77.0 Å². The van der Waals surface area contributed by atoms with Gasteiger partial charge in [0, 0.05) is 18.1 Å². The Morgan fingerprint density at radius 1 is 0.515 bits per heavy atom. The Balaban J connectivity index is 1.58. The molecule has 0 bridgehead atoms. The van der Waals surface area contributed by atoms with Gasteiger partial charge in [-0.2, -0.15) is 0 Å². The molecule has 3 saturated carbocycles. The number of nitrogens with one attached hydrogen (secondary N) is 3. The standard InChI is InChI=1S/C27H39N3O3/c31-25(28-19-11-4-1-5-12-19)22-17-10-18-23(26(32)29-20-13-6-2-7-14-20)24(22)27(33)30-21-15-8-3-9-16-21/h10,17-21H,1-9,11-16H2,(H,28,31)(H,29,32)(H,30,33). The molecule has 1 aromatic carbocycles. The highest BCUT2D eigenvalue weighted by atomic mass is 16.2. The van der Waals surface area contributed by atoms with Crippen LogP contribution in [0, 0.1) is 0 Å². The van der Waals surface area contributed by atoms with Crippen LogP contribution < -0.4 is 16.0 Å². The SMILES string of the molecule is O=C(NC1CCCCC1)c1cccc(C(=O)NC2CCCCC2)c1C(=O)NC1CCCCC1. The molecule has 0 spiro atoms. The van der Waals surface area contributed by atoms with Crippen LogP contribution in [-0.4, -0.2) is 35.8 Å². The van der Waals surface area contributed by atoms with Crippen molar-refractivity contribution in [2.75, 3.05) is 0 Å². The monoisotopic (exact) mass is 453 g/mol. The molecule has 1 aromatic rings. The molecule has 3 N–H and O–H groups in total. The molecule has 0 unspecified atom stereocenters. The quantitative estimate of drug-likeness (QED) is 0.574. The van der Waals surface area contributed by atoms with Crippen molar-refractivity contribution in [1.82, 2.24) is 16.0 Å². The van der Waals surface area contributed by atoms with Crippen molar-refractivity contribution in [1.29, 1.82) is 0 Å². The minimum atomic E-state index is -0.301. The summed E-state index contributed by atoms with van der Waals surface area (Å²) in [7, 11) is 0. The average molecular weight is 454 g/mol. The van der Waals surface area contributed by atoms with Crippen LogP contribution in [0.4, 0.5) is 0 Å². The fourth-order valence-electron chi connectivity index (χ4n) is 5.70. The van der Waals surface area contributed by atoms with E-state index >= 15 is 0 Å². The van der Waals surface area contributed by atoms with E-state index in [1.807, 2.05) is 0 Å². The third-order valence-electron chi connectivity index (χ3n) is 7.60. The van der Waals surface area contributed by atoms with E-state index in [1.54, 1.807) is 18.2 Å². The Hall–Kier alpha value is -2.37. The molecule has 0 atom stereocenters. The van der Waals surface area contributed by atoms with Gasteiger partial charge >= 0.3 is 0 Å². The predicted molar refractivity (Wildman–Crippen MR) is 129 cm³/mol. The lowest BCUT2D eigenvalue weighted by molar-refractivity contribution is 0.0878. The predicted octanol–water partition coefficient (Wildman–Crippen LogP) is 4.87. The first-order valence-corrected chi connectivity index (χ1v) is 13.2. The Morgan fingerprint density at radius 3 is 1.21 bits per heavy atom. The van der Waals surface area contributed by atoms with Crippen LogP contribution in [-0.2, 0) is 0 Å². The molecule has 0 saturated heterocycles. The maximum atomic E-state index is 13.5. The highest BCUT2D eigenvalue weighted by Gasteiger charge is 2.28. The molecule has 0 aliphatic heterocycles. The second-order valence-electron chi connectivity index (χ2n) is 10.2. The van der Waals surface area contributed by atoms with Crippen molar-refractivity contribution in [2.24, 2.45) is 0 Å². The molecule has 3 amide bonds. The highest BCUT2D eigenvalue weighted by Crippen LogP contribution is 2.23. The van der Waals surface area contributed by atoms with Crippen molar-refractivity contribution in [2.45, 2.75) is 114 Å². The van der Waals surface area contributed by atoms with Gasteiger partial charge in [0.1, 0.15) is 0 Å². The van der Waals surface area contributed by atoms with E-state index in [4.69, 9.17) is 0 Å². The van der Waals surface area contributed by atoms with Crippen molar-refractivity contribution in [3.8, 4) is 0 Å². The molecule has 6 nitrogen and oxygen atoms in total. The molecular formula is C27H39N3O3. The fraction of sp³-hybridized carbons (Fsp3) is 0.667. The number of rotatable bonds is 6. The first-order valence-electron chi connectivity index (χ1n) is 13.2. The number of carbonyl (C=O) groups is 3. The summed E-state index contributed by atoms with van der Waals surface area (Å²) >= 11 is 0. The largest absolute Gasteiger partial charge is 0.349 e. The zero-order valence-corrected chi connectivity index (χ0v) is 19.8. The third kappa shape index (κ3) is 6.36.